The second-order valence-corrected chi connectivity index (χ2v) is 6.70. The first kappa shape index (κ1) is 14.6. The van der Waals surface area contributed by atoms with Gasteiger partial charge >= 0.3 is 0 Å². The minimum absolute atomic E-state index is 0.169. The zero-order valence-electron chi connectivity index (χ0n) is 12.2. The first-order valence-electron chi connectivity index (χ1n) is 7.38. The van der Waals surface area contributed by atoms with Gasteiger partial charge in [0.25, 0.3) is 0 Å². The van der Waals surface area contributed by atoms with Crippen molar-refractivity contribution in [3.63, 3.8) is 0 Å². The molecule has 0 amide bonds. The molecular formula is C18H20FNS. The Labute approximate surface area is 130 Å². The van der Waals surface area contributed by atoms with Crippen molar-refractivity contribution in [1.82, 2.24) is 5.32 Å². The number of hydrogen-bond donors (Lipinski definition) is 1. The highest BCUT2D eigenvalue weighted by Gasteiger charge is 2.21. The van der Waals surface area contributed by atoms with Gasteiger partial charge in [-0.25, -0.2) is 4.39 Å². The second-order valence-electron chi connectivity index (χ2n) is 5.66. The number of halogens is 1. The number of hydrogen-bond acceptors (Lipinski definition) is 2. The van der Waals surface area contributed by atoms with Crippen LogP contribution in [0.2, 0.25) is 0 Å². The number of nitrogens with one attached hydrogen (secondary N) is 1. The molecule has 0 spiro atoms. The lowest BCUT2D eigenvalue weighted by molar-refractivity contribution is 0.478. The molecule has 0 aliphatic carbocycles. The standard InChI is InChI=1S/C18H20FNS/c1-13(10-14-6-8-16(19)9-7-14)20-18-12-21-11-15-4-2-3-5-17(15)18/h2-9,13,18,20H,10-12H2,1H3. The van der Waals surface area contributed by atoms with Crippen LogP contribution >= 0.6 is 11.8 Å². The van der Waals surface area contributed by atoms with Crippen LogP contribution in [0.15, 0.2) is 48.5 Å². The molecule has 21 heavy (non-hydrogen) atoms. The van der Waals surface area contributed by atoms with Gasteiger partial charge in [0.2, 0.25) is 0 Å². The maximum Gasteiger partial charge on any atom is 0.123 e. The largest absolute Gasteiger partial charge is 0.306 e. The minimum Gasteiger partial charge on any atom is -0.306 e. The van der Waals surface area contributed by atoms with Crippen molar-refractivity contribution < 1.29 is 4.39 Å². The fourth-order valence-electron chi connectivity index (χ4n) is 2.90. The van der Waals surface area contributed by atoms with E-state index in [1.54, 1.807) is 0 Å². The fraction of sp³-hybridized carbons (Fsp3) is 0.333. The van der Waals surface area contributed by atoms with Crippen molar-refractivity contribution in [2.45, 2.75) is 31.2 Å². The van der Waals surface area contributed by atoms with Crippen LogP contribution in [-0.4, -0.2) is 11.8 Å². The Morgan fingerprint density at radius 1 is 1.19 bits per heavy atom. The van der Waals surface area contributed by atoms with Gasteiger partial charge in [-0.3, -0.25) is 0 Å². The lowest BCUT2D eigenvalue weighted by atomic mass is 10.00. The quantitative estimate of drug-likeness (QED) is 0.902. The first-order chi connectivity index (χ1) is 10.2. The predicted molar refractivity (Wildman–Crippen MR) is 88.0 cm³/mol. The van der Waals surface area contributed by atoms with E-state index in [4.69, 9.17) is 0 Å². The van der Waals surface area contributed by atoms with Crippen LogP contribution in [0, 0.1) is 5.82 Å². The van der Waals surface area contributed by atoms with Crippen molar-refractivity contribution in [2.24, 2.45) is 0 Å². The third-order valence-electron chi connectivity index (χ3n) is 3.91. The van der Waals surface area contributed by atoms with Gasteiger partial charge in [0.1, 0.15) is 5.82 Å². The second kappa shape index (κ2) is 6.63. The van der Waals surface area contributed by atoms with E-state index >= 15 is 0 Å². The van der Waals surface area contributed by atoms with Gasteiger partial charge in [0.15, 0.2) is 0 Å². The molecule has 110 valence electrons. The maximum absolute atomic E-state index is 12.9. The monoisotopic (exact) mass is 301 g/mol. The molecule has 0 bridgehead atoms. The summed E-state index contributed by atoms with van der Waals surface area (Å²) in [4.78, 5) is 0. The van der Waals surface area contributed by atoms with E-state index < -0.39 is 0 Å². The zero-order valence-corrected chi connectivity index (χ0v) is 13.0. The summed E-state index contributed by atoms with van der Waals surface area (Å²) in [6.07, 6.45) is 0.920. The molecule has 0 saturated heterocycles. The molecule has 3 heteroatoms. The normalized spacial score (nSPS) is 19.0. The van der Waals surface area contributed by atoms with E-state index in [1.807, 2.05) is 23.9 Å². The van der Waals surface area contributed by atoms with Crippen LogP contribution in [0.4, 0.5) is 4.39 Å². The molecule has 2 aromatic carbocycles. The van der Waals surface area contributed by atoms with Gasteiger partial charge in [-0.2, -0.15) is 11.8 Å². The third-order valence-corrected chi connectivity index (χ3v) is 5.00. The summed E-state index contributed by atoms with van der Waals surface area (Å²) < 4.78 is 12.9. The van der Waals surface area contributed by atoms with Crippen molar-refractivity contribution in [3.05, 3.63) is 71.0 Å². The number of fused-ring (bicyclic) bond motifs is 1. The highest BCUT2D eigenvalue weighted by molar-refractivity contribution is 7.98. The number of benzene rings is 2. The van der Waals surface area contributed by atoms with Crippen molar-refractivity contribution in [1.29, 1.82) is 0 Å². The lowest BCUT2D eigenvalue weighted by Gasteiger charge is -2.29. The highest BCUT2D eigenvalue weighted by Crippen LogP contribution is 2.31. The lowest BCUT2D eigenvalue weighted by Crippen LogP contribution is -2.35. The third kappa shape index (κ3) is 3.66. The van der Waals surface area contributed by atoms with E-state index in [9.17, 15) is 4.39 Å². The molecule has 3 rings (SSSR count). The minimum atomic E-state index is -0.169. The van der Waals surface area contributed by atoms with Gasteiger partial charge in [-0.15, -0.1) is 0 Å². The molecule has 2 unspecified atom stereocenters. The molecule has 1 N–H and O–H groups in total. The molecule has 0 aromatic heterocycles. The molecule has 0 radical (unpaired) electrons. The first-order valence-corrected chi connectivity index (χ1v) is 8.54. The SMILES string of the molecule is CC(Cc1ccc(F)cc1)NC1CSCc2ccccc21. The summed E-state index contributed by atoms with van der Waals surface area (Å²) in [6, 6.07) is 16.3. The van der Waals surface area contributed by atoms with Gasteiger partial charge in [-0.1, -0.05) is 36.4 Å². The summed E-state index contributed by atoms with van der Waals surface area (Å²) in [5, 5.41) is 3.72. The molecular weight excluding hydrogens is 281 g/mol. The van der Waals surface area contributed by atoms with Crippen molar-refractivity contribution in [3.8, 4) is 0 Å². The van der Waals surface area contributed by atoms with Crippen LogP contribution in [0.1, 0.15) is 29.7 Å². The van der Waals surface area contributed by atoms with Gasteiger partial charge in [-0.05, 0) is 42.2 Å². The zero-order chi connectivity index (χ0) is 14.7. The van der Waals surface area contributed by atoms with Gasteiger partial charge in [0, 0.05) is 23.6 Å². The van der Waals surface area contributed by atoms with Crippen LogP contribution in [0.5, 0.6) is 0 Å². The summed E-state index contributed by atoms with van der Waals surface area (Å²) in [5.41, 5.74) is 4.05. The van der Waals surface area contributed by atoms with Crippen LogP contribution in [-0.2, 0) is 12.2 Å². The summed E-state index contributed by atoms with van der Waals surface area (Å²) in [5.74, 6) is 2.06. The fourth-order valence-corrected chi connectivity index (χ4v) is 4.01. The predicted octanol–water partition coefficient (Wildman–Crippen LogP) is 4.33. The average molecular weight is 301 g/mol. The van der Waals surface area contributed by atoms with Gasteiger partial charge < -0.3 is 5.32 Å². The van der Waals surface area contributed by atoms with Crippen molar-refractivity contribution >= 4 is 11.8 Å². The summed E-state index contributed by atoms with van der Waals surface area (Å²) >= 11 is 1.98. The van der Waals surface area contributed by atoms with Crippen molar-refractivity contribution in [2.75, 3.05) is 5.75 Å². The number of thioether (sulfide) groups is 1. The molecule has 0 fully saturated rings. The Morgan fingerprint density at radius 2 is 1.95 bits per heavy atom. The summed E-state index contributed by atoms with van der Waals surface area (Å²) in [7, 11) is 0. The van der Waals surface area contributed by atoms with Crippen LogP contribution < -0.4 is 5.32 Å². The van der Waals surface area contributed by atoms with Gasteiger partial charge in [0.05, 0.1) is 0 Å². The molecule has 2 aromatic rings. The Kier molecular flexibility index (Phi) is 4.61. The Morgan fingerprint density at radius 3 is 2.76 bits per heavy atom. The van der Waals surface area contributed by atoms with E-state index in [-0.39, 0.29) is 5.82 Å². The molecule has 1 aliphatic rings. The Balaban J connectivity index is 1.65. The maximum atomic E-state index is 12.9. The van der Waals surface area contributed by atoms with E-state index in [1.165, 1.54) is 28.8 Å². The smallest absolute Gasteiger partial charge is 0.123 e. The molecule has 1 heterocycles. The van der Waals surface area contributed by atoms with Crippen LogP contribution in [0.25, 0.3) is 0 Å². The Bertz CT molecular complexity index is 596. The molecule has 2 atom stereocenters. The van der Waals surface area contributed by atoms with Crippen LogP contribution in [0.3, 0.4) is 0 Å². The highest BCUT2D eigenvalue weighted by atomic mass is 32.2. The molecule has 0 saturated carbocycles. The van der Waals surface area contributed by atoms with E-state index in [0.717, 1.165) is 17.9 Å². The Hall–Kier alpha value is -1.32. The molecule has 1 nitrogen and oxygen atoms in total. The van der Waals surface area contributed by atoms with E-state index in [0.29, 0.717) is 12.1 Å². The average Bonchev–Trinajstić information content (AvgIpc) is 2.50. The number of rotatable bonds is 4. The topological polar surface area (TPSA) is 12.0 Å². The summed E-state index contributed by atoms with van der Waals surface area (Å²) in [6.45, 7) is 2.20. The van der Waals surface area contributed by atoms with E-state index in [2.05, 4.69) is 36.5 Å². The molecule has 1 aliphatic heterocycles.